The van der Waals surface area contributed by atoms with Crippen LogP contribution in [0, 0.1) is 0 Å². The summed E-state index contributed by atoms with van der Waals surface area (Å²) in [6.07, 6.45) is 2.88. The number of hydrogen-bond donors (Lipinski definition) is 1. The Morgan fingerprint density at radius 2 is 2.28 bits per heavy atom. The first-order valence-electron chi connectivity index (χ1n) is 5.48. The fourth-order valence-electron chi connectivity index (χ4n) is 1.51. The SMILES string of the molecule is C=C(C)CNC(=O)c1cnc2ccccn2c1=O. The lowest BCUT2D eigenvalue weighted by Gasteiger charge is -2.05. The highest BCUT2D eigenvalue weighted by Crippen LogP contribution is 1.97. The second-order valence-corrected chi connectivity index (χ2v) is 4.05. The maximum absolute atomic E-state index is 12.1. The number of nitrogens with one attached hydrogen (secondary N) is 1. The number of aromatic nitrogens is 2. The minimum Gasteiger partial charge on any atom is -0.348 e. The van der Waals surface area contributed by atoms with E-state index in [9.17, 15) is 9.59 Å². The lowest BCUT2D eigenvalue weighted by Crippen LogP contribution is -2.32. The summed E-state index contributed by atoms with van der Waals surface area (Å²) < 4.78 is 1.34. The predicted molar refractivity (Wildman–Crippen MR) is 68.6 cm³/mol. The largest absolute Gasteiger partial charge is 0.348 e. The average molecular weight is 243 g/mol. The Morgan fingerprint density at radius 1 is 1.50 bits per heavy atom. The number of fused-ring (bicyclic) bond motifs is 1. The third-order valence-electron chi connectivity index (χ3n) is 2.41. The van der Waals surface area contributed by atoms with Gasteiger partial charge in [0.15, 0.2) is 0 Å². The van der Waals surface area contributed by atoms with Crippen molar-refractivity contribution in [1.82, 2.24) is 14.7 Å². The molecule has 2 rings (SSSR count). The molecule has 0 bridgehead atoms. The summed E-state index contributed by atoms with van der Waals surface area (Å²) in [4.78, 5) is 27.9. The van der Waals surface area contributed by atoms with Gasteiger partial charge in [-0.1, -0.05) is 18.2 Å². The van der Waals surface area contributed by atoms with Gasteiger partial charge >= 0.3 is 0 Å². The van der Waals surface area contributed by atoms with Gasteiger partial charge < -0.3 is 5.32 Å². The molecule has 0 atom stereocenters. The van der Waals surface area contributed by atoms with E-state index in [-0.39, 0.29) is 11.1 Å². The van der Waals surface area contributed by atoms with E-state index in [1.54, 1.807) is 31.3 Å². The molecule has 0 saturated heterocycles. The van der Waals surface area contributed by atoms with Crippen molar-refractivity contribution in [1.29, 1.82) is 0 Å². The minimum atomic E-state index is -0.436. The summed E-state index contributed by atoms with van der Waals surface area (Å²) in [5.74, 6) is -0.436. The molecule has 1 amide bonds. The summed E-state index contributed by atoms with van der Waals surface area (Å²) in [5, 5.41) is 2.61. The number of carbonyl (C=O) groups excluding carboxylic acids is 1. The third-order valence-corrected chi connectivity index (χ3v) is 2.41. The van der Waals surface area contributed by atoms with Crippen LogP contribution in [0.4, 0.5) is 0 Å². The van der Waals surface area contributed by atoms with Crippen molar-refractivity contribution in [2.24, 2.45) is 0 Å². The monoisotopic (exact) mass is 243 g/mol. The number of rotatable bonds is 3. The molecule has 0 spiro atoms. The number of hydrogen-bond acceptors (Lipinski definition) is 3. The van der Waals surface area contributed by atoms with Gasteiger partial charge in [0.2, 0.25) is 0 Å². The zero-order chi connectivity index (χ0) is 13.1. The minimum absolute atomic E-state index is 0.0277. The Kier molecular flexibility index (Phi) is 3.23. The average Bonchev–Trinajstić information content (AvgIpc) is 2.37. The van der Waals surface area contributed by atoms with Gasteiger partial charge in [0.25, 0.3) is 11.5 Å². The first-order chi connectivity index (χ1) is 8.59. The van der Waals surface area contributed by atoms with Crippen molar-refractivity contribution in [3.8, 4) is 0 Å². The summed E-state index contributed by atoms with van der Waals surface area (Å²) in [6.45, 7) is 5.82. The molecular weight excluding hydrogens is 230 g/mol. The van der Waals surface area contributed by atoms with Gasteiger partial charge in [0, 0.05) is 18.9 Å². The van der Waals surface area contributed by atoms with E-state index >= 15 is 0 Å². The highest BCUT2D eigenvalue weighted by Gasteiger charge is 2.12. The van der Waals surface area contributed by atoms with Gasteiger partial charge in [-0.15, -0.1) is 0 Å². The normalized spacial score (nSPS) is 10.3. The van der Waals surface area contributed by atoms with Crippen LogP contribution in [0.3, 0.4) is 0 Å². The molecule has 0 aliphatic rings. The topological polar surface area (TPSA) is 63.5 Å². The number of nitrogens with zero attached hydrogens (tertiary/aromatic N) is 2. The number of amides is 1. The molecule has 0 aliphatic carbocycles. The van der Waals surface area contributed by atoms with Crippen LogP contribution in [0.1, 0.15) is 17.3 Å². The Labute approximate surface area is 104 Å². The molecule has 0 saturated carbocycles. The van der Waals surface area contributed by atoms with Crippen LogP contribution in [0.15, 0.2) is 47.5 Å². The Hall–Kier alpha value is -2.43. The molecule has 5 nitrogen and oxygen atoms in total. The molecule has 2 heterocycles. The van der Waals surface area contributed by atoms with E-state index in [0.29, 0.717) is 12.2 Å². The molecule has 0 radical (unpaired) electrons. The predicted octanol–water partition coefficient (Wildman–Crippen LogP) is 1.00. The Bertz CT molecular complexity index is 673. The van der Waals surface area contributed by atoms with E-state index in [0.717, 1.165) is 5.57 Å². The molecule has 2 aromatic heterocycles. The summed E-state index contributed by atoms with van der Waals surface area (Å²) in [7, 11) is 0. The molecule has 0 aliphatic heterocycles. The van der Waals surface area contributed by atoms with E-state index in [1.165, 1.54) is 10.6 Å². The zero-order valence-electron chi connectivity index (χ0n) is 10.0. The van der Waals surface area contributed by atoms with Gasteiger partial charge in [-0.05, 0) is 19.1 Å². The molecule has 2 aromatic rings. The van der Waals surface area contributed by atoms with Crippen LogP contribution in [0.25, 0.3) is 5.65 Å². The standard InChI is InChI=1S/C13H13N3O2/c1-9(2)7-15-12(17)10-8-14-11-5-3-4-6-16(11)13(10)18/h3-6,8H,1,7H2,2H3,(H,15,17). The summed E-state index contributed by atoms with van der Waals surface area (Å²) in [6, 6.07) is 5.20. The van der Waals surface area contributed by atoms with Gasteiger partial charge in [-0.25, -0.2) is 4.98 Å². The molecule has 0 unspecified atom stereocenters. The lowest BCUT2D eigenvalue weighted by atomic mass is 10.3. The maximum atomic E-state index is 12.1. The van der Waals surface area contributed by atoms with Crippen molar-refractivity contribution < 1.29 is 4.79 Å². The Morgan fingerprint density at radius 3 is 3.00 bits per heavy atom. The number of pyridine rings is 1. The summed E-state index contributed by atoms with van der Waals surface area (Å²) in [5.41, 5.74) is 0.982. The van der Waals surface area contributed by atoms with Crippen molar-refractivity contribution >= 4 is 11.6 Å². The molecule has 0 aromatic carbocycles. The van der Waals surface area contributed by atoms with Crippen molar-refractivity contribution in [2.45, 2.75) is 6.92 Å². The highest BCUT2D eigenvalue weighted by molar-refractivity contribution is 5.93. The van der Waals surface area contributed by atoms with Gasteiger partial charge in [-0.2, -0.15) is 0 Å². The van der Waals surface area contributed by atoms with E-state index in [2.05, 4.69) is 16.9 Å². The second-order valence-electron chi connectivity index (χ2n) is 4.05. The van der Waals surface area contributed by atoms with Crippen molar-refractivity contribution in [3.05, 3.63) is 58.7 Å². The molecule has 0 fully saturated rings. The second kappa shape index (κ2) is 4.83. The fraction of sp³-hybridized carbons (Fsp3) is 0.154. The number of carbonyl (C=O) groups is 1. The third kappa shape index (κ3) is 2.29. The quantitative estimate of drug-likeness (QED) is 0.818. The Balaban J connectivity index is 2.40. The lowest BCUT2D eigenvalue weighted by molar-refractivity contribution is 0.0955. The first-order valence-corrected chi connectivity index (χ1v) is 5.48. The van der Waals surface area contributed by atoms with Gasteiger partial charge in [0.1, 0.15) is 11.2 Å². The van der Waals surface area contributed by atoms with Crippen LogP contribution in [0.5, 0.6) is 0 Å². The fourth-order valence-corrected chi connectivity index (χ4v) is 1.51. The summed E-state index contributed by atoms with van der Waals surface area (Å²) >= 11 is 0. The van der Waals surface area contributed by atoms with Crippen LogP contribution in [-0.4, -0.2) is 21.8 Å². The molecular formula is C13H13N3O2. The van der Waals surface area contributed by atoms with E-state index < -0.39 is 5.91 Å². The molecule has 92 valence electrons. The molecule has 5 heteroatoms. The van der Waals surface area contributed by atoms with Gasteiger partial charge in [0.05, 0.1) is 0 Å². The highest BCUT2D eigenvalue weighted by atomic mass is 16.2. The van der Waals surface area contributed by atoms with Crippen LogP contribution >= 0.6 is 0 Å². The smallest absolute Gasteiger partial charge is 0.270 e. The van der Waals surface area contributed by atoms with Crippen LogP contribution in [0.2, 0.25) is 0 Å². The van der Waals surface area contributed by atoms with Crippen LogP contribution in [-0.2, 0) is 0 Å². The van der Waals surface area contributed by atoms with E-state index in [4.69, 9.17) is 0 Å². The van der Waals surface area contributed by atoms with Gasteiger partial charge in [-0.3, -0.25) is 14.0 Å². The van der Waals surface area contributed by atoms with Crippen LogP contribution < -0.4 is 10.9 Å². The molecule has 18 heavy (non-hydrogen) atoms. The van der Waals surface area contributed by atoms with Crippen molar-refractivity contribution in [2.75, 3.05) is 6.54 Å². The van der Waals surface area contributed by atoms with E-state index in [1.807, 2.05) is 0 Å². The maximum Gasteiger partial charge on any atom is 0.270 e. The first kappa shape index (κ1) is 12.0. The zero-order valence-corrected chi connectivity index (χ0v) is 10.0. The molecule has 1 N–H and O–H groups in total. The van der Waals surface area contributed by atoms with Crippen molar-refractivity contribution in [3.63, 3.8) is 0 Å².